The first-order chi connectivity index (χ1) is 16.8. The van der Waals surface area contributed by atoms with Gasteiger partial charge in [0.25, 0.3) is 11.8 Å². The Bertz CT molecular complexity index is 1300. The Morgan fingerprint density at radius 3 is 2.51 bits per heavy atom. The summed E-state index contributed by atoms with van der Waals surface area (Å²) in [7, 11) is 0. The zero-order valence-corrected chi connectivity index (χ0v) is 19.8. The maximum Gasteiger partial charge on any atom is 0.273 e. The molecule has 0 fully saturated rings. The van der Waals surface area contributed by atoms with Gasteiger partial charge in [0.15, 0.2) is 0 Å². The molecule has 0 saturated carbocycles. The largest absolute Gasteiger partial charge is 0.515 e. The third-order valence-corrected chi connectivity index (χ3v) is 6.40. The van der Waals surface area contributed by atoms with E-state index in [4.69, 9.17) is 0 Å². The van der Waals surface area contributed by atoms with Crippen LogP contribution >= 0.6 is 11.3 Å². The minimum Gasteiger partial charge on any atom is -0.515 e. The lowest BCUT2D eigenvalue weighted by molar-refractivity contribution is -0.147. The molecule has 0 aliphatic carbocycles. The number of hydrogen-bond donors (Lipinski definition) is 3. The van der Waals surface area contributed by atoms with E-state index in [1.165, 1.54) is 23.3 Å². The van der Waals surface area contributed by atoms with E-state index >= 15 is 0 Å². The number of aromatic nitrogens is 2. The van der Waals surface area contributed by atoms with E-state index in [2.05, 4.69) is 15.5 Å². The van der Waals surface area contributed by atoms with Crippen LogP contribution in [0.2, 0.25) is 0 Å². The predicted octanol–water partition coefficient (Wildman–Crippen LogP) is 2.98. The van der Waals surface area contributed by atoms with Gasteiger partial charge < -0.3 is 15.5 Å². The highest BCUT2D eigenvalue weighted by Gasteiger charge is 2.40. The minimum absolute atomic E-state index is 0.0665. The summed E-state index contributed by atoms with van der Waals surface area (Å²) < 4.78 is 0. The molecule has 11 heteroatoms. The van der Waals surface area contributed by atoms with Crippen LogP contribution in [-0.2, 0) is 16.1 Å². The maximum absolute atomic E-state index is 13.4. The lowest BCUT2D eigenvalue weighted by Gasteiger charge is -2.35. The third kappa shape index (κ3) is 4.77. The van der Waals surface area contributed by atoms with Crippen molar-refractivity contribution in [3.8, 4) is 11.1 Å². The number of aliphatic hydroxyl groups is 2. The highest BCUT2D eigenvalue weighted by molar-refractivity contribution is 7.11. The van der Waals surface area contributed by atoms with Gasteiger partial charge in [-0.3, -0.25) is 14.4 Å². The quantitative estimate of drug-likeness (QED) is 0.340. The number of benzene rings is 2. The second kappa shape index (κ2) is 10.0. The molecule has 1 unspecified atom stereocenters. The zero-order valence-electron chi connectivity index (χ0n) is 19.0. The van der Waals surface area contributed by atoms with Crippen LogP contribution in [-0.4, -0.2) is 54.8 Å². The standard InChI is InChI=1S/C24H23N5O5S/c1-14(32)25-17-8-6-16(7-9-17)18-4-3-5-19-20(18)12-28(24(19)34)29(22(33)10-11-30)21(13-31)23-27-26-15(2)35-23/h3-11,21,30-31H,12-13H2,1-2H3,(H,25,32)/b11-10+. The van der Waals surface area contributed by atoms with E-state index in [1.807, 2.05) is 18.2 Å². The lowest BCUT2D eigenvalue weighted by atomic mass is 9.97. The van der Waals surface area contributed by atoms with Gasteiger partial charge in [-0.1, -0.05) is 35.6 Å². The van der Waals surface area contributed by atoms with Crippen molar-refractivity contribution in [2.45, 2.75) is 26.4 Å². The average molecular weight is 494 g/mol. The highest BCUT2D eigenvalue weighted by atomic mass is 32.1. The number of carbonyl (C=O) groups is 3. The van der Waals surface area contributed by atoms with Crippen LogP contribution in [0.1, 0.15) is 38.9 Å². The molecule has 180 valence electrons. The molecule has 3 N–H and O–H groups in total. The van der Waals surface area contributed by atoms with Crippen molar-refractivity contribution in [2.24, 2.45) is 0 Å². The Balaban J connectivity index is 1.72. The summed E-state index contributed by atoms with van der Waals surface area (Å²) in [5.41, 5.74) is 3.41. The van der Waals surface area contributed by atoms with Crippen molar-refractivity contribution >= 4 is 34.7 Å². The molecule has 0 spiro atoms. The Kier molecular flexibility index (Phi) is 6.90. The van der Waals surface area contributed by atoms with Crippen LogP contribution in [0.15, 0.2) is 54.8 Å². The molecule has 0 radical (unpaired) electrons. The number of hydrazine groups is 1. The Morgan fingerprint density at radius 2 is 1.91 bits per heavy atom. The van der Waals surface area contributed by atoms with Crippen LogP contribution in [0.4, 0.5) is 5.69 Å². The van der Waals surface area contributed by atoms with Gasteiger partial charge in [-0.25, -0.2) is 10.0 Å². The van der Waals surface area contributed by atoms with Crippen LogP contribution < -0.4 is 5.32 Å². The smallest absolute Gasteiger partial charge is 0.273 e. The summed E-state index contributed by atoms with van der Waals surface area (Å²) in [6.45, 7) is 2.74. The summed E-state index contributed by atoms with van der Waals surface area (Å²) >= 11 is 1.20. The molecule has 1 aliphatic rings. The molecule has 3 aromatic rings. The molecule has 1 aromatic heterocycles. The number of rotatable bonds is 7. The highest BCUT2D eigenvalue weighted by Crippen LogP contribution is 2.36. The second-order valence-electron chi connectivity index (χ2n) is 7.81. The number of carbonyl (C=O) groups excluding carboxylic acids is 3. The number of nitrogens with one attached hydrogen (secondary N) is 1. The predicted molar refractivity (Wildman–Crippen MR) is 129 cm³/mol. The number of hydrogen-bond acceptors (Lipinski definition) is 8. The van der Waals surface area contributed by atoms with E-state index in [1.54, 1.807) is 31.2 Å². The summed E-state index contributed by atoms with van der Waals surface area (Å²) in [6.07, 6.45) is 1.50. The van der Waals surface area contributed by atoms with Gasteiger partial charge in [-0.05, 0) is 41.8 Å². The van der Waals surface area contributed by atoms with Gasteiger partial charge in [-0.15, -0.1) is 10.2 Å². The zero-order chi connectivity index (χ0) is 25.1. The fourth-order valence-electron chi connectivity index (χ4n) is 3.99. The third-order valence-electron chi connectivity index (χ3n) is 5.46. The molecule has 2 aromatic carbocycles. The van der Waals surface area contributed by atoms with Crippen LogP contribution in [0.25, 0.3) is 11.1 Å². The first kappa shape index (κ1) is 24.0. The Hall–Kier alpha value is -4.09. The van der Waals surface area contributed by atoms with Crippen LogP contribution in [0.5, 0.6) is 0 Å². The molecule has 2 heterocycles. The number of anilines is 1. The summed E-state index contributed by atoms with van der Waals surface area (Å²) in [6, 6.07) is 11.6. The summed E-state index contributed by atoms with van der Waals surface area (Å²) in [5.74, 6) is -1.29. The van der Waals surface area contributed by atoms with Crippen molar-refractivity contribution in [3.63, 3.8) is 0 Å². The fraction of sp³-hybridized carbons (Fsp3) is 0.208. The number of fused-ring (bicyclic) bond motifs is 1. The van der Waals surface area contributed by atoms with Crippen LogP contribution in [0.3, 0.4) is 0 Å². The molecule has 0 saturated heterocycles. The average Bonchev–Trinajstić information content (AvgIpc) is 3.40. The number of amides is 3. The van der Waals surface area contributed by atoms with Gasteiger partial charge in [0, 0.05) is 24.3 Å². The molecular formula is C24H23N5O5S. The van der Waals surface area contributed by atoms with Crippen LogP contribution in [0, 0.1) is 6.92 Å². The fourth-order valence-corrected chi connectivity index (χ4v) is 4.76. The molecule has 35 heavy (non-hydrogen) atoms. The van der Waals surface area contributed by atoms with E-state index < -0.39 is 24.5 Å². The molecule has 1 atom stereocenters. The summed E-state index contributed by atoms with van der Waals surface area (Å²) in [5, 5.41) is 33.5. The van der Waals surface area contributed by atoms with Crippen molar-refractivity contribution in [2.75, 3.05) is 11.9 Å². The van der Waals surface area contributed by atoms with Crippen molar-refractivity contribution in [1.82, 2.24) is 20.2 Å². The molecule has 0 bridgehead atoms. The van der Waals surface area contributed by atoms with Gasteiger partial charge in [0.2, 0.25) is 5.91 Å². The number of nitrogens with zero attached hydrogens (tertiary/aromatic N) is 4. The molecule has 4 rings (SSSR count). The molecule has 3 amide bonds. The Labute approximate surface area is 205 Å². The first-order valence-electron chi connectivity index (χ1n) is 10.7. The van der Waals surface area contributed by atoms with E-state index in [-0.39, 0.29) is 12.5 Å². The Morgan fingerprint density at radius 1 is 1.20 bits per heavy atom. The van der Waals surface area contributed by atoms with Crippen molar-refractivity contribution in [1.29, 1.82) is 0 Å². The van der Waals surface area contributed by atoms with Crippen molar-refractivity contribution in [3.05, 3.63) is 75.9 Å². The SMILES string of the molecule is CC(=O)Nc1ccc(-c2cccc3c2CN(N(C(=O)/C=C/O)C(CO)c2nnc(C)s2)C3=O)cc1. The lowest BCUT2D eigenvalue weighted by Crippen LogP contribution is -2.49. The second-order valence-corrected chi connectivity index (χ2v) is 9.02. The van der Waals surface area contributed by atoms with Gasteiger partial charge >= 0.3 is 0 Å². The molecular weight excluding hydrogens is 470 g/mol. The molecule has 1 aliphatic heterocycles. The summed E-state index contributed by atoms with van der Waals surface area (Å²) in [4.78, 5) is 37.7. The van der Waals surface area contributed by atoms with E-state index in [0.717, 1.165) is 22.2 Å². The number of aryl methyl sites for hydroxylation is 1. The van der Waals surface area contributed by atoms with Gasteiger partial charge in [0.1, 0.15) is 16.1 Å². The van der Waals surface area contributed by atoms with E-state index in [9.17, 15) is 24.6 Å². The minimum atomic E-state index is -0.969. The number of aliphatic hydroxyl groups excluding tert-OH is 2. The topological polar surface area (TPSA) is 136 Å². The monoisotopic (exact) mass is 493 g/mol. The van der Waals surface area contributed by atoms with Gasteiger partial charge in [0.05, 0.1) is 19.4 Å². The van der Waals surface area contributed by atoms with E-state index in [0.29, 0.717) is 33.1 Å². The van der Waals surface area contributed by atoms with Gasteiger partial charge in [-0.2, -0.15) is 0 Å². The normalized spacial score (nSPS) is 13.7. The van der Waals surface area contributed by atoms with Crippen molar-refractivity contribution < 1.29 is 24.6 Å². The maximum atomic E-state index is 13.4. The molecule has 10 nitrogen and oxygen atoms in total. The first-order valence-corrected chi connectivity index (χ1v) is 11.5.